The number of hydrogen-bond acceptors (Lipinski definition) is 3. The number of amides is 2. The Morgan fingerprint density at radius 3 is 2.67 bits per heavy atom. The van der Waals surface area contributed by atoms with Gasteiger partial charge in [0.25, 0.3) is 5.91 Å². The smallest absolute Gasteiger partial charge is 0.269 e. The molecule has 0 aliphatic carbocycles. The summed E-state index contributed by atoms with van der Waals surface area (Å²) in [6.07, 6.45) is 0.862. The fourth-order valence-corrected chi connectivity index (χ4v) is 1.50. The van der Waals surface area contributed by atoms with Crippen LogP contribution in [0.4, 0.5) is 0 Å². The summed E-state index contributed by atoms with van der Waals surface area (Å²) in [5, 5.41) is 9.43. The molecule has 2 N–H and O–H groups in total. The minimum Gasteiger partial charge on any atom is -0.352 e. The molecule has 0 aliphatic heterocycles. The summed E-state index contributed by atoms with van der Waals surface area (Å²) in [4.78, 5) is 23.3. The van der Waals surface area contributed by atoms with Crippen LogP contribution in [-0.2, 0) is 11.8 Å². The van der Waals surface area contributed by atoms with Gasteiger partial charge < -0.3 is 10.6 Å². The second kappa shape index (κ2) is 6.18. The van der Waals surface area contributed by atoms with E-state index in [1.807, 2.05) is 20.8 Å². The molecule has 0 saturated carbocycles. The largest absolute Gasteiger partial charge is 0.352 e. The molecule has 0 aliphatic rings. The van der Waals surface area contributed by atoms with Crippen molar-refractivity contribution in [2.75, 3.05) is 6.54 Å². The number of aryl methyl sites for hydroxylation is 2. The van der Waals surface area contributed by atoms with Crippen LogP contribution in [0.15, 0.2) is 6.07 Å². The predicted octanol–water partition coefficient (Wildman–Crippen LogP) is 0.373. The topological polar surface area (TPSA) is 76.0 Å². The van der Waals surface area contributed by atoms with Gasteiger partial charge in [0.15, 0.2) is 0 Å². The number of aromatic nitrogens is 2. The summed E-state index contributed by atoms with van der Waals surface area (Å²) in [6.45, 7) is 5.70. The van der Waals surface area contributed by atoms with Crippen molar-refractivity contribution in [3.05, 3.63) is 17.5 Å². The van der Waals surface area contributed by atoms with E-state index in [1.54, 1.807) is 13.1 Å². The lowest BCUT2D eigenvalue weighted by Crippen LogP contribution is -2.41. The Hall–Kier alpha value is -1.85. The highest BCUT2D eigenvalue weighted by molar-refractivity contribution is 5.95. The van der Waals surface area contributed by atoms with Crippen molar-refractivity contribution in [1.29, 1.82) is 0 Å². The molecule has 1 aromatic heterocycles. The lowest BCUT2D eigenvalue weighted by atomic mass is 10.2. The van der Waals surface area contributed by atoms with Crippen LogP contribution in [0, 0.1) is 6.92 Å². The summed E-state index contributed by atoms with van der Waals surface area (Å²) in [7, 11) is 1.70. The maximum Gasteiger partial charge on any atom is 0.269 e. The van der Waals surface area contributed by atoms with Crippen LogP contribution < -0.4 is 10.6 Å². The first-order valence-electron chi connectivity index (χ1n) is 6.02. The van der Waals surface area contributed by atoms with Crippen molar-refractivity contribution < 1.29 is 9.59 Å². The molecule has 1 unspecified atom stereocenters. The monoisotopic (exact) mass is 252 g/mol. The number of carbonyl (C=O) groups is 2. The maximum absolute atomic E-state index is 11.8. The van der Waals surface area contributed by atoms with Crippen molar-refractivity contribution in [2.45, 2.75) is 33.2 Å². The summed E-state index contributed by atoms with van der Waals surface area (Å²) < 4.78 is 1.50. The number of carbonyl (C=O) groups excluding carboxylic acids is 2. The Morgan fingerprint density at radius 2 is 2.17 bits per heavy atom. The quantitative estimate of drug-likeness (QED) is 0.795. The van der Waals surface area contributed by atoms with Gasteiger partial charge in [-0.15, -0.1) is 0 Å². The maximum atomic E-state index is 11.8. The highest BCUT2D eigenvalue weighted by Crippen LogP contribution is 2.00. The fraction of sp³-hybridized carbons (Fsp3) is 0.583. The van der Waals surface area contributed by atoms with Gasteiger partial charge in [-0.2, -0.15) is 5.10 Å². The summed E-state index contributed by atoms with van der Waals surface area (Å²) in [5.74, 6) is -0.478. The van der Waals surface area contributed by atoms with Gasteiger partial charge in [0, 0.05) is 13.1 Å². The molecule has 1 aromatic rings. The molecular weight excluding hydrogens is 232 g/mol. The minimum atomic E-state index is -0.294. The highest BCUT2D eigenvalue weighted by Gasteiger charge is 2.13. The third-order valence-electron chi connectivity index (χ3n) is 2.66. The first kappa shape index (κ1) is 14.2. The minimum absolute atomic E-state index is 0.0204. The Labute approximate surface area is 107 Å². The van der Waals surface area contributed by atoms with Crippen LogP contribution in [0.2, 0.25) is 0 Å². The first-order chi connectivity index (χ1) is 8.43. The van der Waals surface area contributed by atoms with Gasteiger partial charge >= 0.3 is 0 Å². The second-order valence-corrected chi connectivity index (χ2v) is 4.35. The molecular formula is C12H20N4O2. The Balaban J connectivity index is 2.47. The van der Waals surface area contributed by atoms with E-state index in [0.717, 1.165) is 12.1 Å². The van der Waals surface area contributed by atoms with E-state index < -0.39 is 0 Å². The summed E-state index contributed by atoms with van der Waals surface area (Å²) in [5.41, 5.74) is 1.22. The molecule has 1 heterocycles. The van der Waals surface area contributed by atoms with E-state index in [9.17, 15) is 9.59 Å². The zero-order valence-electron chi connectivity index (χ0n) is 11.3. The Kier molecular flexibility index (Phi) is 4.88. The predicted molar refractivity (Wildman–Crippen MR) is 68.2 cm³/mol. The number of rotatable bonds is 5. The summed E-state index contributed by atoms with van der Waals surface area (Å²) >= 11 is 0. The molecule has 6 heteroatoms. The van der Waals surface area contributed by atoms with Gasteiger partial charge in [0.05, 0.1) is 12.2 Å². The van der Waals surface area contributed by atoms with Crippen molar-refractivity contribution in [3.63, 3.8) is 0 Å². The molecule has 6 nitrogen and oxygen atoms in total. The number of hydrogen-bond donors (Lipinski definition) is 2. The average Bonchev–Trinajstić information content (AvgIpc) is 2.65. The Morgan fingerprint density at radius 1 is 1.50 bits per heavy atom. The first-order valence-corrected chi connectivity index (χ1v) is 6.02. The molecule has 0 radical (unpaired) electrons. The molecule has 100 valence electrons. The summed E-state index contributed by atoms with van der Waals surface area (Å²) in [6, 6.07) is 1.80. The third kappa shape index (κ3) is 3.87. The highest BCUT2D eigenvalue weighted by atomic mass is 16.2. The molecule has 0 spiro atoms. The molecule has 1 rings (SSSR count). The van der Waals surface area contributed by atoms with Crippen LogP contribution in [0.1, 0.15) is 36.5 Å². The molecule has 0 saturated heterocycles. The standard InChI is InChI=1S/C12H20N4O2/c1-5-8(2)14-11(17)7-13-12(18)10-6-9(3)15-16(10)4/h6,8H,5,7H2,1-4H3,(H,13,18)(H,14,17). The van der Waals surface area contributed by atoms with E-state index in [1.165, 1.54) is 4.68 Å². The van der Waals surface area contributed by atoms with Crippen molar-refractivity contribution in [3.8, 4) is 0 Å². The van der Waals surface area contributed by atoms with E-state index in [0.29, 0.717) is 5.69 Å². The number of nitrogens with one attached hydrogen (secondary N) is 2. The molecule has 2 amide bonds. The molecule has 18 heavy (non-hydrogen) atoms. The van der Waals surface area contributed by atoms with Gasteiger partial charge in [0.1, 0.15) is 5.69 Å². The van der Waals surface area contributed by atoms with E-state index in [-0.39, 0.29) is 24.4 Å². The fourth-order valence-electron chi connectivity index (χ4n) is 1.50. The van der Waals surface area contributed by atoms with Gasteiger partial charge in [-0.3, -0.25) is 14.3 Å². The van der Waals surface area contributed by atoms with Crippen LogP contribution in [0.5, 0.6) is 0 Å². The van der Waals surface area contributed by atoms with Crippen molar-refractivity contribution >= 4 is 11.8 Å². The van der Waals surface area contributed by atoms with E-state index in [4.69, 9.17) is 0 Å². The third-order valence-corrected chi connectivity index (χ3v) is 2.66. The van der Waals surface area contributed by atoms with Crippen LogP contribution in [0.25, 0.3) is 0 Å². The van der Waals surface area contributed by atoms with Crippen LogP contribution >= 0.6 is 0 Å². The zero-order valence-corrected chi connectivity index (χ0v) is 11.3. The molecule has 1 atom stereocenters. The number of nitrogens with zero attached hydrogens (tertiary/aromatic N) is 2. The van der Waals surface area contributed by atoms with E-state index in [2.05, 4.69) is 15.7 Å². The van der Waals surface area contributed by atoms with Gasteiger partial charge in [-0.05, 0) is 26.3 Å². The average molecular weight is 252 g/mol. The van der Waals surface area contributed by atoms with Crippen LogP contribution in [-0.4, -0.2) is 34.2 Å². The van der Waals surface area contributed by atoms with Crippen LogP contribution in [0.3, 0.4) is 0 Å². The molecule has 0 fully saturated rings. The van der Waals surface area contributed by atoms with Gasteiger partial charge in [-0.1, -0.05) is 6.92 Å². The normalized spacial score (nSPS) is 12.0. The molecule has 0 bridgehead atoms. The van der Waals surface area contributed by atoms with E-state index >= 15 is 0 Å². The Bertz CT molecular complexity index is 439. The van der Waals surface area contributed by atoms with Crippen molar-refractivity contribution in [1.82, 2.24) is 20.4 Å². The van der Waals surface area contributed by atoms with Gasteiger partial charge in [-0.25, -0.2) is 0 Å². The SMILES string of the molecule is CCC(C)NC(=O)CNC(=O)c1cc(C)nn1C. The molecule has 0 aromatic carbocycles. The lowest BCUT2D eigenvalue weighted by molar-refractivity contribution is -0.120. The lowest BCUT2D eigenvalue weighted by Gasteiger charge is -2.11. The van der Waals surface area contributed by atoms with Gasteiger partial charge in [0.2, 0.25) is 5.91 Å². The van der Waals surface area contributed by atoms with Crippen molar-refractivity contribution in [2.24, 2.45) is 7.05 Å². The zero-order chi connectivity index (χ0) is 13.7. The second-order valence-electron chi connectivity index (χ2n) is 4.35.